The zero-order valence-electron chi connectivity index (χ0n) is 9.86. The monoisotopic (exact) mass is 250 g/mol. The number of carbonyl (C=O) groups is 1. The van der Waals surface area contributed by atoms with Gasteiger partial charge in [0.05, 0.1) is 18.5 Å². The van der Waals surface area contributed by atoms with Crippen LogP contribution in [0.1, 0.15) is 27.2 Å². The molecular formula is C10H18O5S. The summed E-state index contributed by atoms with van der Waals surface area (Å²) in [6.07, 6.45) is -0.156. The zero-order chi connectivity index (χ0) is 12.8. The number of rotatable bonds is 7. The fraction of sp³-hybridized carbons (Fsp3) is 0.700. The molecule has 0 saturated carbocycles. The van der Waals surface area contributed by atoms with E-state index < -0.39 is 16.1 Å². The third kappa shape index (κ3) is 7.42. The van der Waals surface area contributed by atoms with Gasteiger partial charge in [0.15, 0.2) is 0 Å². The summed E-state index contributed by atoms with van der Waals surface area (Å²) in [5.41, 5.74) is 0.293. The van der Waals surface area contributed by atoms with Crippen LogP contribution in [0.4, 0.5) is 0 Å². The molecule has 0 bridgehead atoms. The van der Waals surface area contributed by atoms with Crippen molar-refractivity contribution in [2.75, 3.05) is 12.4 Å². The molecule has 0 aromatic heterocycles. The first kappa shape index (κ1) is 15.1. The van der Waals surface area contributed by atoms with Gasteiger partial charge in [-0.2, -0.15) is 8.42 Å². The summed E-state index contributed by atoms with van der Waals surface area (Å²) >= 11 is 0. The second-order valence-corrected chi connectivity index (χ2v) is 5.39. The van der Waals surface area contributed by atoms with Gasteiger partial charge >= 0.3 is 5.97 Å². The molecule has 0 aliphatic carbocycles. The maximum atomic E-state index is 11.2. The van der Waals surface area contributed by atoms with E-state index in [1.165, 1.54) is 6.92 Å². The molecule has 0 fully saturated rings. The van der Waals surface area contributed by atoms with Crippen molar-refractivity contribution in [2.24, 2.45) is 0 Å². The lowest BCUT2D eigenvalue weighted by Gasteiger charge is -2.08. The second-order valence-electron chi connectivity index (χ2n) is 3.68. The summed E-state index contributed by atoms with van der Waals surface area (Å²) in [6.45, 7) is 8.26. The van der Waals surface area contributed by atoms with Gasteiger partial charge in [-0.05, 0) is 27.2 Å². The van der Waals surface area contributed by atoms with E-state index in [4.69, 9.17) is 8.92 Å². The van der Waals surface area contributed by atoms with Gasteiger partial charge in [0, 0.05) is 5.57 Å². The van der Waals surface area contributed by atoms with Gasteiger partial charge in [-0.1, -0.05) is 6.58 Å². The van der Waals surface area contributed by atoms with E-state index in [-0.39, 0.29) is 24.9 Å². The van der Waals surface area contributed by atoms with Crippen molar-refractivity contribution in [3.05, 3.63) is 12.2 Å². The van der Waals surface area contributed by atoms with E-state index >= 15 is 0 Å². The molecule has 0 saturated heterocycles. The smallest absolute Gasteiger partial charge is 0.333 e. The Morgan fingerprint density at radius 1 is 1.38 bits per heavy atom. The minimum atomic E-state index is -3.51. The summed E-state index contributed by atoms with van der Waals surface area (Å²) in [6, 6.07) is 0. The van der Waals surface area contributed by atoms with Gasteiger partial charge in [-0.15, -0.1) is 0 Å². The molecule has 0 rings (SSSR count). The minimum Gasteiger partial charge on any atom is -0.462 e. The maximum Gasteiger partial charge on any atom is 0.333 e. The van der Waals surface area contributed by atoms with E-state index in [2.05, 4.69) is 6.58 Å². The zero-order valence-corrected chi connectivity index (χ0v) is 10.7. The van der Waals surface area contributed by atoms with E-state index in [1.807, 2.05) is 0 Å². The predicted molar refractivity (Wildman–Crippen MR) is 60.4 cm³/mol. The minimum absolute atomic E-state index is 0.0480. The van der Waals surface area contributed by atoms with Gasteiger partial charge in [-0.25, -0.2) is 4.79 Å². The summed E-state index contributed by atoms with van der Waals surface area (Å²) in [7, 11) is -3.51. The van der Waals surface area contributed by atoms with Crippen molar-refractivity contribution in [1.29, 1.82) is 0 Å². The van der Waals surface area contributed by atoms with Crippen LogP contribution in [-0.2, 0) is 23.8 Å². The summed E-state index contributed by atoms with van der Waals surface area (Å²) in [5.74, 6) is -0.670. The van der Waals surface area contributed by atoms with E-state index in [9.17, 15) is 13.2 Å². The molecule has 0 amide bonds. The SMILES string of the molecule is C=C(C)C(=O)OCCCS(=O)(=O)OC(C)C. The van der Waals surface area contributed by atoms with Crippen LogP contribution in [0.2, 0.25) is 0 Å². The van der Waals surface area contributed by atoms with Crippen molar-refractivity contribution in [2.45, 2.75) is 33.3 Å². The van der Waals surface area contributed by atoms with Crippen molar-refractivity contribution >= 4 is 16.1 Å². The first-order valence-electron chi connectivity index (χ1n) is 4.98. The quantitative estimate of drug-likeness (QED) is 0.294. The third-order valence-electron chi connectivity index (χ3n) is 1.46. The van der Waals surface area contributed by atoms with Gasteiger partial charge < -0.3 is 4.74 Å². The molecule has 6 heteroatoms. The van der Waals surface area contributed by atoms with Crippen LogP contribution in [0.25, 0.3) is 0 Å². The fourth-order valence-corrected chi connectivity index (χ4v) is 2.02. The highest BCUT2D eigenvalue weighted by atomic mass is 32.2. The highest BCUT2D eigenvalue weighted by Gasteiger charge is 2.13. The lowest BCUT2D eigenvalue weighted by Crippen LogP contribution is -2.17. The van der Waals surface area contributed by atoms with E-state index in [1.54, 1.807) is 13.8 Å². The average molecular weight is 250 g/mol. The normalized spacial score (nSPS) is 11.5. The topological polar surface area (TPSA) is 69.7 Å². The van der Waals surface area contributed by atoms with Crippen LogP contribution in [-0.4, -0.2) is 32.9 Å². The van der Waals surface area contributed by atoms with Gasteiger partial charge in [0.25, 0.3) is 10.1 Å². The van der Waals surface area contributed by atoms with Gasteiger partial charge in [-0.3, -0.25) is 4.18 Å². The Kier molecular flexibility index (Phi) is 6.28. The summed E-state index contributed by atoms with van der Waals surface area (Å²) in [5, 5.41) is 0. The number of esters is 1. The Bertz CT molecular complexity index is 342. The molecule has 0 heterocycles. The van der Waals surface area contributed by atoms with Crippen molar-refractivity contribution < 1.29 is 22.1 Å². The highest BCUT2D eigenvalue weighted by molar-refractivity contribution is 7.86. The molecule has 5 nitrogen and oxygen atoms in total. The van der Waals surface area contributed by atoms with Crippen LogP contribution in [0.5, 0.6) is 0 Å². The van der Waals surface area contributed by atoms with Gasteiger partial charge in [0.1, 0.15) is 0 Å². The average Bonchev–Trinajstić information content (AvgIpc) is 2.09. The van der Waals surface area contributed by atoms with E-state index in [0.29, 0.717) is 5.57 Å². The van der Waals surface area contributed by atoms with E-state index in [0.717, 1.165) is 0 Å². The molecule has 0 aromatic rings. The van der Waals surface area contributed by atoms with Crippen LogP contribution in [0.3, 0.4) is 0 Å². The third-order valence-corrected chi connectivity index (χ3v) is 2.93. The molecule has 0 unspecified atom stereocenters. The van der Waals surface area contributed by atoms with Gasteiger partial charge in [0.2, 0.25) is 0 Å². The Morgan fingerprint density at radius 2 is 1.94 bits per heavy atom. The molecule has 16 heavy (non-hydrogen) atoms. The number of hydrogen-bond donors (Lipinski definition) is 0. The number of carbonyl (C=O) groups excluding carboxylic acids is 1. The molecule has 0 aromatic carbocycles. The van der Waals surface area contributed by atoms with Crippen molar-refractivity contribution in [1.82, 2.24) is 0 Å². The Balaban J connectivity index is 3.83. The van der Waals surface area contributed by atoms with Crippen molar-refractivity contribution in [3.63, 3.8) is 0 Å². The highest BCUT2D eigenvalue weighted by Crippen LogP contribution is 2.02. The number of ether oxygens (including phenoxy) is 1. The molecule has 94 valence electrons. The fourth-order valence-electron chi connectivity index (χ4n) is 0.865. The standard InChI is InChI=1S/C10H18O5S/c1-8(2)10(11)14-6-5-7-16(12,13)15-9(3)4/h9H,1,5-7H2,2-4H3. The van der Waals surface area contributed by atoms with Crippen LogP contribution in [0.15, 0.2) is 12.2 Å². The molecular weight excluding hydrogens is 232 g/mol. The lowest BCUT2D eigenvalue weighted by molar-refractivity contribution is -0.138. The Morgan fingerprint density at radius 3 is 2.38 bits per heavy atom. The predicted octanol–water partition coefficient (Wildman–Crippen LogP) is 1.25. The first-order valence-corrected chi connectivity index (χ1v) is 6.56. The molecule has 0 aliphatic rings. The molecule has 0 spiro atoms. The first-order chi connectivity index (χ1) is 7.24. The number of hydrogen-bond acceptors (Lipinski definition) is 5. The van der Waals surface area contributed by atoms with Crippen LogP contribution < -0.4 is 0 Å². The molecule has 0 atom stereocenters. The lowest BCUT2D eigenvalue weighted by atomic mass is 10.4. The largest absolute Gasteiger partial charge is 0.462 e. The Hall–Kier alpha value is -0.880. The maximum absolute atomic E-state index is 11.2. The van der Waals surface area contributed by atoms with Crippen LogP contribution >= 0.6 is 0 Å². The van der Waals surface area contributed by atoms with Crippen LogP contribution in [0, 0.1) is 0 Å². The second kappa shape index (κ2) is 6.65. The van der Waals surface area contributed by atoms with Crippen molar-refractivity contribution in [3.8, 4) is 0 Å². The Labute approximate surface area is 96.6 Å². The molecule has 0 N–H and O–H groups in total. The molecule has 0 radical (unpaired) electrons. The summed E-state index contributed by atoms with van der Waals surface area (Å²) in [4.78, 5) is 10.9. The summed E-state index contributed by atoms with van der Waals surface area (Å²) < 4.78 is 31.9. The molecule has 0 aliphatic heterocycles.